The third-order valence-corrected chi connectivity index (χ3v) is 4.25. The predicted molar refractivity (Wildman–Crippen MR) is 85.1 cm³/mol. The van der Waals surface area contributed by atoms with Gasteiger partial charge in [0.05, 0.1) is 13.2 Å². The summed E-state index contributed by atoms with van der Waals surface area (Å²) < 4.78 is 28.5. The predicted octanol–water partition coefficient (Wildman–Crippen LogP) is 4.09. The fraction of sp³-hybridized carbons (Fsp3) is 0.625. The lowest BCUT2D eigenvalue weighted by Crippen LogP contribution is -2.21. The van der Waals surface area contributed by atoms with E-state index < -0.39 is 0 Å². The van der Waals surface area contributed by atoms with Gasteiger partial charge in [-0.15, -0.1) is 0 Å². The molecule has 2 atom stereocenters. The van der Waals surface area contributed by atoms with Gasteiger partial charge in [0.2, 0.25) is 0 Å². The van der Waals surface area contributed by atoms with Crippen molar-refractivity contribution in [1.82, 2.24) is 4.72 Å². The Balaban J connectivity index is 2.03. The Morgan fingerprint density at radius 1 is 1.43 bits per heavy atom. The molecule has 1 aromatic carbocycles. The second kappa shape index (κ2) is 6.99. The molecule has 1 heterocycles. The number of benzene rings is 1. The lowest BCUT2D eigenvalue weighted by Gasteiger charge is -2.22. The van der Waals surface area contributed by atoms with Crippen LogP contribution in [0.5, 0.6) is 5.75 Å². The molecule has 3 nitrogen and oxygen atoms in total. The number of nitrogens with one attached hydrogen (secondary N) is 1. The van der Waals surface area contributed by atoms with E-state index in [-0.39, 0.29) is 22.7 Å². The maximum Gasteiger partial charge on any atom is 0.128 e. The normalized spacial score (nSPS) is 20.5. The van der Waals surface area contributed by atoms with Gasteiger partial charge in [-0.1, -0.05) is 11.9 Å². The minimum atomic E-state index is -0.209. The fourth-order valence-corrected chi connectivity index (χ4v) is 2.71. The SMILES string of the molecule is C[C@H](NSC(C)(C)C)c1cc(O[C@H]2CCOC2)ccc1F. The van der Waals surface area contributed by atoms with E-state index in [9.17, 15) is 4.39 Å². The summed E-state index contributed by atoms with van der Waals surface area (Å²) in [5.74, 6) is 0.496. The van der Waals surface area contributed by atoms with Gasteiger partial charge in [0.25, 0.3) is 0 Å². The molecule has 0 saturated carbocycles. The summed E-state index contributed by atoms with van der Waals surface area (Å²) in [4.78, 5) is 0. The molecule has 0 radical (unpaired) electrons. The number of halogens is 1. The first-order valence-corrected chi connectivity index (χ1v) is 8.14. The maximum absolute atomic E-state index is 14.0. The Kier molecular flexibility index (Phi) is 5.52. The molecule has 1 aliphatic rings. The van der Waals surface area contributed by atoms with Crippen LogP contribution >= 0.6 is 11.9 Å². The summed E-state index contributed by atoms with van der Waals surface area (Å²) in [6, 6.07) is 4.85. The number of ether oxygens (including phenoxy) is 2. The van der Waals surface area contributed by atoms with Crippen molar-refractivity contribution in [2.45, 2.75) is 51.0 Å². The molecule has 118 valence electrons. The van der Waals surface area contributed by atoms with Crippen LogP contribution in [0.3, 0.4) is 0 Å². The van der Waals surface area contributed by atoms with Crippen LogP contribution in [0.2, 0.25) is 0 Å². The van der Waals surface area contributed by atoms with Crippen molar-refractivity contribution in [1.29, 1.82) is 0 Å². The average molecular weight is 313 g/mol. The molecular formula is C16H24FNO2S. The first-order chi connectivity index (χ1) is 9.85. The van der Waals surface area contributed by atoms with Crippen LogP contribution in [-0.4, -0.2) is 24.1 Å². The zero-order valence-corrected chi connectivity index (χ0v) is 13.9. The molecule has 1 N–H and O–H groups in total. The van der Waals surface area contributed by atoms with Crippen molar-refractivity contribution in [3.63, 3.8) is 0 Å². The standard InChI is InChI=1S/C16H24FNO2S/c1-11(18-21-16(2,3)4)14-9-12(5-6-15(14)17)20-13-7-8-19-10-13/h5-6,9,11,13,18H,7-8,10H2,1-4H3/t11-,13-/m0/s1. The summed E-state index contributed by atoms with van der Waals surface area (Å²) >= 11 is 1.61. The summed E-state index contributed by atoms with van der Waals surface area (Å²) in [5, 5.41) is 0. The van der Waals surface area contributed by atoms with Gasteiger partial charge in [-0.2, -0.15) is 0 Å². The molecule has 5 heteroatoms. The van der Waals surface area contributed by atoms with Gasteiger partial charge < -0.3 is 9.47 Å². The third-order valence-electron chi connectivity index (χ3n) is 3.17. The van der Waals surface area contributed by atoms with Crippen molar-refractivity contribution in [2.24, 2.45) is 0 Å². The molecule has 21 heavy (non-hydrogen) atoms. The maximum atomic E-state index is 14.0. The highest BCUT2D eigenvalue weighted by atomic mass is 32.2. The molecule has 0 bridgehead atoms. The van der Waals surface area contributed by atoms with Crippen LogP contribution in [0.1, 0.15) is 45.7 Å². The summed E-state index contributed by atoms with van der Waals surface area (Å²) in [5.41, 5.74) is 0.628. The largest absolute Gasteiger partial charge is 0.488 e. The summed E-state index contributed by atoms with van der Waals surface area (Å²) in [6.45, 7) is 9.66. The summed E-state index contributed by atoms with van der Waals surface area (Å²) in [6.07, 6.45) is 0.968. The van der Waals surface area contributed by atoms with E-state index in [1.54, 1.807) is 24.1 Å². The third kappa shape index (κ3) is 5.16. The quantitative estimate of drug-likeness (QED) is 0.829. The molecule has 1 saturated heterocycles. The molecule has 0 aromatic heterocycles. The number of hydrogen-bond acceptors (Lipinski definition) is 4. The minimum Gasteiger partial charge on any atom is -0.488 e. The highest BCUT2D eigenvalue weighted by Crippen LogP contribution is 2.28. The van der Waals surface area contributed by atoms with Gasteiger partial charge >= 0.3 is 0 Å². The second-order valence-electron chi connectivity index (χ2n) is 6.34. The van der Waals surface area contributed by atoms with Gasteiger partial charge in [0.1, 0.15) is 17.7 Å². The Hall–Kier alpha value is -0.780. The second-order valence-corrected chi connectivity index (χ2v) is 8.01. The van der Waals surface area contributed by atoms with Gasteiger partial charge in [-0.05, 0) is 45.9 Å². The van der Waals surface area contributed by atoms with Crippen molar-refractivity contribution < 1.29 is 13.9 Å². The van der Waals surface area contributed by atoms with Crippen LogP contribution in [0.4, 0.5) is 4.39 Å². The van der Waals surface area contributed by atoms with E-state index >= 15 is 0 Å². The van der Waals surface area contributed by atoms with Gasteiger partial charge in [0.15, 0.2) is 0 Å². The highest BCUT2D eigenvalue weighted by molar-refractivity contribution is 7.98. The van der Waals surface area contributed by atoms with Gasteiger partial charge in [0, 0.05) is 22.8 Å². The van der Waals surface area contributed by atoms with Crippen molar-refractivity contribution >= 4 is 11.9 Å². The van der Waals surface area contributed by atoms with E-state index in [1.165, 1.54) is 6.07 Å². The zero-order chi connectivity index (χ0) is 15.5. The molecule has 2 rings (SSSR count). The van der Waals surface area contributed by atoms with E-state index in [0.29, 0.717) is 17.9 Å². The topological polar surface area (TPSA) is 30.5 Å². The zero-order valence-electron chi connectivity index (χ0n) is 13.1. The lowest BCUT2D eigenvalue weighted by atomic mass is 10.1. The van der Waals surface area contributed by atoms with Crippen LogP contribution in [-0.2, 0) is 4.74 Å². The van der Waals surface area contributed by atoms with E-state index in [4.69, 9.17) is 9.47 Å². The Bertz CT molecular complexity index is 470. The first kappa shape index (κ1) is 16.6. The van der Waals surface area contributed by atoms with E-state index in [2.05, 4.69) is 25.5 Å². The van der Waals surface area contributed by atoms with Crippen LogP contribution in [0, 0.1) is 5.82 Å². The van der Waals surface area contributed by atoms with E-state index in [0.717, 1.165) is 13.0 Å². The van der Waals surface area contributed by atoms with Crippen LogP contribution in [0.25, 0.3) is 0 Å². The molecule has 0 spiro atoms. The fourth-order valence-electron chi connectivity index (χ4n) is 2.05. The lowest BCUT2D eigenvalue weighted by molar-refractivity contribution is 0.141. The van der Waals surface area contributed by atoms with Crippen molar-refractivity contribution in [2.75, 3.05) is 13.2 Å². The Morgan fingerprint density at radius 2 is 2.19 bits per heavy atom. The smallest absolute Gasteiger partial charge is 0.128 e. The number of hydrogen-bond donors (Lipinski definition) is 1. The molecule has 1 aromatic rings. The van der Waals surface area contributed by atoms with Crippen molar-refractivity contribution in [3.8, 4) is 5.75 Å². The molecule has 0 aliphatic carbocycles. The van der Waals surface area contributed by atoms with Crippen LogP contribution in [0.15, 0.2) is 18.2 Å². The van der Waals surface area contributed by atoms with Gasteiger partial charge in [-0.25, -0.2) is 4.39 Å². The molecule has 0 unspecified atom stereocenters. The molecule has 1 fully saturated rings. The first-order valence-electron chi connectivity index (χ1n) is 7.32. The van der Waals surface area contributed by atoms with Crippen LogP contribution < -0.4 is 9.46 Å². The molecule has 1 aliphatic heterocycles. The molecular weight excluding hydrogens is 289 g/mol. The Labute approximate surface area is 130 Å². The minimum absolute atomic E-state index is 0.0792. The van der Waals surface area contributed by atoms with Gasteiger partial charge in [-0.3, -0.25) is 4.72 Å². The number of rotatable bonds is 5. The Morgan fingerprint density at radius 3 is 2.81 bits per heavy atom. The average Bonchev–Trinajstić information content (AvgIpc) is 2.90. The monoisotopic (exact) mass is 313 g/mol. The highest BCUT2D eigenvalue weighted by Gasteiger charge is 2.20. The molecule has 0 amide bonds. The summed E-state index contributed by atoms with van der Waals surface area (Å²) in [7, 11) is 0. The van der Waals surface area contributed by atoms with Crippen molar-refractivity contribution in [3.05, 3.63) is 29.6 Å². The van der Waals surface area contributed by atoms with E-state index in [1.807, 2.05) is 6.92 Å².